The molecule has 0 aliphatic carbocycles. The second-order valence-corrected chi connectivity index (χ2v) is 4.10. The lowest BCUT2D eigenvalue weighted by Crippen LogP contribution is -2.17. The molecule has 1 unspecified atom stereocenters. The number of rotatable bonds is 7. The minimum Gasteiger partial charge on any atom is -0.490 e. The molecule has 1 rings (SSSR count). The fraction of sp³-hybridized carbons (Fsp3) is 0.538. The molecule has 102 valence electrons. The van der Waals surface area contributed by atoms with E-state index in [1.807, 2.05) is 19.9 Å². The topological polar surface area (TPSA) is 44.5 Å². The fourth-order valence-electron chi connectivity index (χ4n) is 1.59. The zero-order valence-electron chi connectivity index (χ0n) is 10.7. The van der Waals surface area contributed by atoms with Gasteiger partial charge in [0.15, 0.2) is 11.5 Å². The summed E-state index contributed by atoms with van der Waals surface area (Å²) < 4.78 is 34.6. The Kier molecular flexibility index (Phi) is 5.85. The van der Waals surface area contributed by atoms with Crippen LogP contribution in [0, 0.1) is 0 Å². The van der Waals surface area contributed by atoms with Crippen LogP contribution in [0.15, 0.2) is 18.2 Å². The summed E-state index contributed by atoms with van der Waals surface area (Å²) >= 11 is 0. The van der Waals surface area contributed by atoms with Crippen LogP contribution in [0.3, 0.4) is 0 Å². The first-order chi connectivity index (χ1) is 8.52. The Morgan fingerprint density at radius 2 is 1.94 bits per heavy atom. The van der Waals surface area contributed by atoms with Crippen molar-refractivity contribution in [3.8, 4) is 11.5 Å². The van der Waals surface area contributed by atoms with Crippen LogP contribution in [0.4, 0.5) is 8.78 Å². The third kappa shape index (κ3) is 4.87. The molecule has 0 spiro atoms. The van der Waals surface area contributed by atoms with E-state index in [9.17, 15) is 8.78 Å². The first-order valence-electron chi connectivity index (χ1n) is 5.95. The van der Waals surface area contributed by atoms with Crippen molar-refractivity contribution >= 4 is 0 Å². The van der Waals surface area contributed by atoms with Crippen molar-refractivity contribution in [1.29, 1.82) is 0 Å². The molecule has 3 nitrogen and oxygen atoms in total. The Labute approximate surface area is 106 Å². The molecule has 0 aromatic heterocycles. The minimum atomic E-state index is -2.50. The molecule has 5 heteroatoms. The lowest BCUT2D eigenvalue weighted by molar-refractivity contribution is 0.0801. The van der Waals surface area contributed by atoms with Gasteiger partial charge in [-0.3, -0.25) is 0 Å². The highest BCUT2D eigenvalue weighted by Gasteiger charge is 2.10. The first kappa shape index (κ1) is 14.7. The summed E-state index contributed by atoms with van der Waals surface area (Å²) in [6, 6.07) is 5.28. The highest BCUT2D eigenvalue weighted by atomic mass is 19.3. The second-order valence-electron chi connectivity index (χ2n) is 4.10. The molecule has 0 aliphatic rings. The van der Waals surface area contributed by atoms with Gasteiger partial charge in [0.1, 0.15) is 6.61 Å². The van der Waals surface area contributed by atoms with Gasteiger partial charge < -0.3 is 15.2 Å². The molecule has 0 bridgehead atoms. The van der Waals surface area contributed by atoms with Gasteiger partial charge in [-0.15, -0.1) is 0 Å². The van der Waals surface area contributed by atoms with Crippen molar-refractivity contribution in [3.63, 3.8) is 0 Å². The summed E-state index contributed by atoms with van der Waals surface area (Å²) in [6.45, 7) is 3.55. The molecule has 1 atom stereocenters. The Balaban J connectivity index is 2.82. The number of hydrogen-bond acceptors (Lipinski definition) is 3. The summed E-state index contributed by atoms with van der Waals surface area (Å²) in [5, 5.41) is 0. The normalized spacial score (nSPS) is 12.6. The molecular weight excluding hydrogens is 240 g/mol. The SMILES string of the molecule is CCOc1cc(CC(C)N)ccc1OCC(F)F. The van der Waals surface area contributed by atoms with E-state index in [0.29, 0.717) is 24.5 Å². The molecule has 18 heavy (non-hydrogen) atoms. The third-order valence-corrected chi connectivity index (χ3v) is 2.23. The number of benzene rings is 1. The van der Waals surface area contributed by atoms with Gasteiger partial charge in [-0.2, -0.15) is 0 Å². The average Bonchev–Trinajstić information content (AvgIpc) is 2.27. The van der Waals surface area contributed by atoms with Crippen LogP contribution in [-0.4, -0.2) is 25.7 Å². The lowest BCUT2D eigenvalue weighted by atomic mass is 10.1. The van der Waals surface area contributed by atoms with Crippen molar-refractivity contribution in [1.82, 2.24) is 0 Å². The van der Waals surface area contributed by atoms with Gasteiger partial charge in [0.05, 0.1) is 6.61 Å². The van der Waals surface area contributed by atoms with Gasteiger partial charge in [-0.1, -0.05) is 6.07 Å². The molecule has 0 fully saturated rings. The minimum absolute atomic E-state index is 0.0345. The second kappa shape index (κ2) is 7.16. The van der Waals surface area contributed by atoms with Gasteiger partial charge in [0.25, 0.3) is 6.43 Å². The highest BCUT2D eigenvalue weighted by Crippen LogP contribution is 2.29. The Hall–Kier alpha value is -1.36. The van der Waals surface area contributed by atoms with Crippen molar-refractivity contribution in [3.05, 3.63) is 23.8 Å². The predicted molar refractivity (Wildman–Crippen MR) is 66.5 cm³/mol. The first-order valence-corrected chi connectivity index (χ1v) is 5.95. The average molecular weight is 259 g/mol. The van der Waals surface area contributed by atoms with Crippen molar-refractivity contribution < 1.29 is 18.3 Å². The van der Waals surface area contributed by atoms with E-state index in [4.69, 9.17) is 15.2 Å². The number of alkyl halides is 2. The largest absolute Gasteiger partial charge is 0.490 e. The molecule has 1 aromatic rings. The van der Waals surface area contributed by atoms with Gasteiger partial charge in [0, 0.05) is 6.04 Å². The molecule has 0 heterocycles. The molecule has 0 amide bonds. The molecule has 0 aliphatic heterocycles. The smallest absolute Gasteiger partial charge is 0.272 e. The fourth-order valence-corrected chi connectivity index (χ4v) is 1.59. The number of halogens is 2. The number of ether oxygens (including phenoxy) is 2. The summed E-state index contributed by atoms with van der Waals surface area (Å²) in [6.07, 6.45) is -1.79. The van der Waals surface area contributed by atoms with Gasteiger partial charge in [0.2, 0.25) is 0 Å². The standard InChI is InChI=1S/C13H19F2NO2/c1-3-17-12-7-10(6-9(2)16)4-5-11(12)18-8-13(14)15/h4-5,7,9,13H,3,6,8,16H2,1-2H3. The monoisotopic (exact) mass is 259 g/mol. The summed E-state index contributed by atoms with van der Waals surface area (Å²) in [7, 11) is 0. The maximum Gasteiger partial charge on any atom is 0.272 e. The van der Waals surface area contributed by atoms with E-state index in [2.05, 4.69) is 0 Å². The lowest BCUT2D eigenvalue weighted by Gasteiger charge is -2.14. The van der Waals surface area contributed by atoms with Crippen molar-refractivity contribution in [2.45, 2.75) is 32.7 Å². The van der Waals surface area contributed by atoms with Crippen molar-refractivity contribution in [2.24, 2.45) is 5.73 Å². The molecular formula is C13H19F2NO2. The summed E-state index contributed by atoms with van der Waals surface area (Å²) in [5.74, 6) is 0.821. The zero-order valence-corrected chi connectivity index (χ0v) is 10.7. The van der Waals surface area contributed by atoms with E-state index in [0.717, 1.165) is 5.56 Å². The number of hydrogen-bond donors (Lipinski definition) is 1. The van der Waals surface area contributed by atoms with Gasteiger partial charge in [-0.05, 0) is 38.0 Å². The Morgan fingerprint density at radius 3 is 2.50 bits per heavy atom. The van der Waals surface area contributed by atoms with E-state index in [1.165, 1.54) is 0 Å². The van der Waals surface area contributed by atoms with E-state index >= 15 is 0 Å². The molecule has 1 aromatic carbocycles. The van der Waals surface area contributed by atoms with E-state index < -0.39 is 13.0 Å². The Bertz CT molecular complexity index is 370. The summed E-state index contributed by atoms with van der Waals surface area (Å²) in [5.41, 5.74) is 6.71. The number of nitrogens with two attached hydrogens (primary N) is 1. The third-order valence-electron chi connectivity index (χ3n) is 2.23. The van der Waals surface area contributed by atoms with Crippen LogP contribution in [0.25, 0.3) is 0 Å². The van der Waals surface area contributed by atoms with E-state index in [1.54, 1.807) is 12.1 Å². The Morgan fingerprint density at radius 1 is 1.22 bits per heavy atom. The zero-order chi connectivity index (χ0) is 13.5. The molecule has 0 saturated carbocycles. The van der Waals surface area contributed by atoms with Gasteiger partial charge >= 0.3 is 0 Å². The summed E-state index contributed by atoms with van der Waals surface area (Å²) in [4.78, 5) is 0. The van der Waals surface area contributed by atoms with E-state index in [-0.39, 0.29) is 6.04 Å². The quantitative estimate of drug-likeness (QED) is 0.818. The van der Waals surface area contributed by atoms with Crippen LogP contribution >= 0.6 is 0 Å². The maximum atomic E-state index is 12.1. The van der Waals surface area contributed by atoms with Crippen LogP contribution in [0.5, 0.6) is 11.5 Å². The van der Waals surface area contributed by atoms with Crippen LogP contribution < -0.4 is 15.2 Å². The molecule has 0 radical (unpaired) electrons. The molecule has 0 saturated heterocycles. The van der Waals surface area contributed by atoms with Gasteiger partial charge in [-0.25, -0.2) is 8.78 Å². The molecule has 2 N–H and O–H groups in total. The maximum absolute atomic E-state index is 12.1. The highest BCUT2D eigenvalue weighted by molar-refractivity contribution is 5.43. The predicted octanol–water partition coefficient (Wildman–Crippen LogP) is 2.62. The van der Waals surface area contributed by atoms with Crippen LogP contribution in [0.1, 0.15) is 19.4 Å². The van der Waals surface area contributed by atoms with Crippen LogP contribution in [0.2, 0.25) is 0 Å². The van der Waals surface area contributed by atoms with Crippen LogP contribution in [-0.2, 0) is 6.42 Å². The van der Waals surface area contributed by atoms with Crippen molar-refractivity contribution in [2.75, 3.05) is 13.2 Å².